The first kappa shape index (κ1) is 26.7. The van der Waals surface area contributed by atoms with Gasteiger partial charge in [0.25, 0.3) is 23.2 Å². The third kappa shape index (κ3) is 4.95. The molecule has 0 bridgehead atoms. The first-order chi connectivity index (χ1) is 20.3. The number of carbonyl (C=O) groups excluding carboxylic acids is 2. The molecule has 2 amide bonds. The Morgan fingerprint density at radius 3 is 1.88 bits per heavy atom. The number of thioether (sulfide) groups is 1. The Hall–Kier alpha value is -5.49. The van der Waals surface area contributed by atoms with Crippen molar-refractivity contribution in [3.05, 3.63) is 133 Å². The second kappa shape index (κ2) is 10.8. The highest BCUT2D eigenvalue weighted by atomic mass is 32.2. The number of aromatic nitrogens is 1. The maximum absolute atomic E-state index is 13.6. The van der Waals surface area contributed by atoms with Crippen LogP contribution in [0.5, 0.6) is 0 Å². The highest BCUT2D eigenvalue weighted by molar-refractivity contribution is 8.04. The van der Waals surface area contributed by atoms with Crippen LogP contribution in [0, 0.1) is 20.2 Å². The molecule has 0 spiro atoms. The summed E-state index contributed by atoms with van der Waals surface area (Å²) in [6, 6.07) is 27.1. The summed E-state index contributed by atoms with van der Waals surface area (Å²) in [5.74, 6) is -0.906. The molecule has 11 nitrogen and oxygen atoms in total. The zero-order chi connectivity index (χ0) is 29.4. The third-order valence-electron chi connectivity index (χ3n) is 6.92. The van der Waals surface area contributed by atoms with E-state index in [9.17, 15) is 29.8 Å². The molecule has 12 heteroatoms. The summed E-state index contributed by atoms with van der Waals surface area (Å²) < 4.78 is 1.89. The Labute approximate surface area is 242 Å². The maximum atomic E-state index is 13.6. The SMILES string of the molecule is O=C(Cn1c2ccccc2c2ccccc21)NN1C(=O)/C(=C/c2ccc([N+](=O)[O-])cc2)SC1c1ccc([N+](=O)[O-])cc1. The number of hydrogen-bond acceptors (Lipinski definition) is 7. The lowest BCUT2D eigenvalue weighted by atomic mass is 10.2. The monoisotopic (exact) mass is 579 g/mol. The summed E-state index contributed by atoms with van der Waals surface area (Å²) in [6.07, 6.45) is 1.59. The first-order valence-electron chi connectivity index (χ1n) is 12.8. The van der Waals surface area contributed by atoms with Gasteiger partial charge >= 0.3 is 0 Å². The van der Waals surface area contributed by atoms with Crippen LogP contribution in [0.3, 0.4) is 0 Å². The summed E-state index contributed by atoms with van der Waals surface area (Å²) in [4.78, 5) is 48.6. The molecule has 1 atom stereocenters. The van der Waals surface area contributed by atoms with Gasteiger partial charge in [0, 0.05) is 46.1 Å². The van der Waals surface area contributed by atoms with E-state index in [1.165, 1.54) is 53.2 Å². The molecule has 208 valence electrons. The molecule has 0 saturated carbocycles. The number of fused-ring (bicyclic) bond motifs is 3. The normalized spacial score (nSPS) is 15.9. The average Bonchev–Trinajstić information content (AvgIpc) is 3.47. The van der Waals surface area contributed by atoms with Gasteiger partial charge in [-0.2, -0.15) is 0 Å². The largest absolute Gasteiger partial charge is 0.331 e. The zero-order valence-electron chi connectivity index (χ0n) is 21.7. The smallest absolute Gasteiger partial charge is 0.280 e. The van der Waals surface area contributed by atoms with Gasteiger partial charge in [0.1, 0.15) is 11.9 Å². The fraction of sp³-hybridized carbons (Fsp3) is 0.0667. The summed E-state index contributed by atoms with van der Waals surface area (Å²) in [7, 11) is 0. The van der Waals surface area contributed by atoms with Gasteiger partial charge in [-0.05, 0) is 53.6 Å². The second-order valence-corrected chi connectivity index (χ2v) is 10.6. The van der Waals surface area contributed by atoms with Crippen molar-refractivity contribution in [2.75, 3.05) is 0 Å². The number of nitrogens with one attached hydrogen (secondary N) is 1. The van der Waals surface area contributed by atoms with Crippen LogP contribution in [0.25, 0.3) is 27.9 Å². The molecular formula is C30H21N5O6S. The minimum absolute atomic E-state index is 0.0587. The van der Waals surface area contributed by atoms with Crippen LogP contribution >= 0.6 is 11.8 Å². The van der Waals surface area contributed by atoms with Crippen LogP contribution in [-0.2, 0) is 16.1 Å². The number of hydrogen-bond donors (Lipinski definition) is 1. The lowest BCUT2D eigenvalue weighted by Crippen LogP contribution is -2.45. The lowest BCUT2D eigenvalue weighted by Gasteiger charge is -2.24. The Morgan fingerprint density at radius 1 is 0.810 bits per heavy atom. The minimum atomic E-state index is -0.704. The van der Waals surface area contributed by atoms with Crippen LogP contribution < -0.4 is 5.43 Å². The lowest BCUT2D eigenvalue weighted by molar-refractivity contribution is -0.385. The Kier molecular flexibility index (Phi) is 6.88. The summed E-state index contributed by atoms with van der Waals surface area (Å²) in [5, 5.41) is 24.7. The van der Waals surface area contributed by atoms with Crippen LogP contribution in [0.1, 0.15) is 16.5 Å². The Bertz CT molecular complexity index is 1860. The number of benzene rings is 4. The van der Waals surface area contributed by atoms with Crippen LogP contribution in [0.4, 0.5) is 11.4 Å². The third-order valence-corrected chi connectivity index (χ3v) is 8.17. The van der Waals surface area contributed by atoms with Gasteiger partial charge in [-0.15, -0.1) is 0 Å². The molecule has 1 fully saturated rings. The van der Waals surface area contributed by atoms with E-state index in [2.05, 4.69) is 5.43 Å². The van der Waals surface area contributed by atoms with Crippen molar-refractivity contribution in [3.63, 3.8) is 0 Å². The molecule has 4 aromatic carbocycles. The molecule has 1 aliphatic rings. The number of non-ortho nitro benzene ring substituents is 2. The Morgan fingerprint density at radius 2 is 1.33 bits per heavy atom. The van der Waals surface area contributed by atoms with Crippen molar-refractivity contribution in [1.29, 1.82) is 0 Å². The van der Waals surface area contributed by atoms with Gasteiger partial charge < -0.3 is 4.57 Å². The predicted molar refractivity (Wildman–Crippen MR) is 159 cm³/mol. The molecule has 1 N–H and O–H groups in total. The van der Waals surface area contributed by atoms with Gasteiger partial charge in [0.05, 0.1) is 14.8 Å². The summed E-state index contributed by atoms with van der Waals surface area (Å²) in [5.41, 5.74) is 5.47. The van der Waals surface area contributed by atoms with E-state index in [-0.39, 0.29) is 17.9 Å². The number of nitro benzene ring substituents is 2. The molecule has 1 aliphatic heterocycles. The molecule has 42 heavy (non-hydrogen) atoms. The standard InChI is InChI=1S/C30H21N5O6S/c36-28(18-32-25-7-3-1-5-23(25)24-6-2-4-8-26(24)32)31-33-29(37)27(17-19-9-13-21(14-10-19)34(38)39)42-30(33)20-11-15-22(16-12-20)35(40)41/h1-17,30H,18H2,(H,31,36)/b27-17-. The number of amides is 2. The number of rotatable bonds is 7. The van der Waals surface area contributed by atoms with E-state index in [1.807, 2.05) is 53.1 Å². The number of nitro groups is 2. The topological polar surface area (TPSA) is 141 Å². The van der Waals surface area contributed by atoms with Gasteiger partial charge in [0.2, 0.25) is 0 Å². The van der Waals surface area contributed by atoms with Crippen molar-refractivity contribution in [1.82, 2.24) is 15.0 Å². The quantitative estimate of drug-likeness (QED) is 0.143. The predicted octanol–water partition coefficient (Wildman–Crippen LogP) is 5.96. The summed E-state index contributed by atoms with van der Waals surface area (Å²) >= 11 is 1.17. The van der Waals surface area contributed by atoms with E-state index < -0.39 is 27.0 Å². The van der Waals surface area contributed by atoms with Crippen LogP contribution in [-0.4, -0.2) is 31.2 Å². The maximum Gasteiger partial charge on any atom is 0.280 e. The molecular weight excluding hydrogens is 558 g/mol. The van der Waals surface area contributed by atoms with Gasteiger partial charge in [-0.25, -0.2) is 5.01 Å². The molecule has 1 aromatic heterocycles. The fourth-order valence-corrected chi connectivity index (χ4v) is 6.15. The van der Waals surface area contributed by atoms with Crippen LogP contribution in [0.15, 0.2) is 102 Å². The number of para-hydroxylation sites is 2. The van der Waals surface area contributed by atoms with Gasteiger partial charge in [0.15, 0.2) is 0 Å². The molecule has 0 radical (unpaired) electrons. The average molecular weight is 580 g/mol. The van der Waals surface area contributed by atoms with E-state index in [1.54, 1.807) is 18.2 Å². The van der Waals surface area contributed by atoms with Crippen molar-refractivity contribution < 1.29 is 19.4 Å². The van der Waals surface area contributed by atoms with Crippen molar-refractivity contribution in [2.24, 2.45) is 0 Å². The first-order valence-corrected chi connectivity index (χ1v) is 13.6. The Balaban J connectivity index is 1.32. The van der Waals surface area contributed by atoms with E-state index in [0.29, 0.717) is 16.0 Å². The van der Waals surface area contributed by atoms with Crippen molar-refractivity contribution in [2.45, 2.75) is 11.9 Å². The van der Waals surface area contributed by atoms with E-state index >= 15 is 0 Å². The molecule has 1 unspecified atom stereocenters. The number of carbonyl (C=O) groups is 2. The van der Waals surface area contributed by atoms with Crippen molar-refractivity contribution in [3.8, 4) is 0 Å². The molecule has 0 aliphatic carbocycles. The van der Waals surface area contributed by atoms with Gasteiger partial charge in [-0.3, -0.25) is 35.2 Å². The van der Waals surface area contributed by atoms with E-state index in [0.717, 1.165) is 21.8 Å². The number of hydrazine groups is 1. The highest BCUT2D eigenvalue weighted by Gasteiger charge is 2.39. The van der Waals surface area contributed by atoms with E-state index in [4.69, 9.17) is 0 Å². The fourth-order valence-electron chi connectivity index (χ4n) is 4.96. The summed E-state index contributed by atoms with van der Waals surface area (Å²) in [6.45, 7) is -0.0587. The van der Waals surface area contributed by atoms with Crippen LogP contribution in [0.2, 0.25) is 0 Å². The molecule has 6 rings (SSSR count). The number of nitrogens with zero attached hydrogens (tertiary/aromatic N) is 4. The molecule has 2 heterocycles. The zero-order valence-corrected chi connectivity index (χ0v) is 22.6. The molecule has 5 aromatic rings. The van der Waals surface area contributed by atoms with Crippen molar-refractivity contribution >= 4 is 62.8 Å². The molecule has 1 saturated heterocycles. The second-order valence-electron chi connectivity index (χ2n) is 9.51. The highest BCUT2D eigenvalue weighted by Crippen LogP contribution is 2.45. The van der Waals surface area contributed by atoms with Gasteiger partial charge in [-0.1, -0.05) is 48.2 Å². The minimum Gasteiger partial charge on any atom is -0.331 e.